The Hall–Kier alpha value is -1.46. The van der Waals surface area contributed by atoms with Gasteiger partial charge in [0.15, 0.2) is 11.6 Å². The molecule has 1 aromatic heterocycles. The molecular weight excluding hydrogens is 287 g/mol. The predicted octanol–water partition coefficient (Wildman–Crippen LogP) is 3.88. The molecular formula is C16H21FN2OS. The molecule has 0 saturated carbocycles. The van der Waals surface area contributed by atoms with Crippen LogP contribution in [0, 0.1) is 5.82 Å². The maximum absolute atomic E-state index is 13.7. The Labute approximate surface area is 129 Å². The van der Waals surface area contributed by atoms with Gasteiger partial charge in [-0.05, 0) is 37.6 Å². The van der Waals surface area contributed by atoms with E-state index in [0.717, 1.165) is 30.6 Å². The number of ether oxygens (including phenoxy) is 1. The third-order valence-electron chi connectivity index (χ3n) is 3.16. The minimum absolute atomic E-state index is 0.283. The van der Waals surface area contributed by atoms with Crippen LogP contribution in [0.5, 0.6) is 5.75 Å². The van der Waals surface area contributed by atoms with Gasteiger partial charge in [-0.2, -0.15) is 0 Å². The van der Waals surface area contributed by atoms with Gasteiger partial charge in [-0.15, -0.1) is 11.3 Å². The van der Waals surface area contributed by atoms with Crippen LogP contribution in [0.1, 0.15) is 29.6 Å². The minimum atomic E-state index is -0.317. The second-order valence-corrected chi connectivity index (χ2v) is 6.07. The van der Waals surface area contributed by atoms with Crippen molar-refractivity contribution in [2.45, 2.75) is 32.9 Å². The van der Waals surface area contributed by atoms with E-state index in [4.69, 9.17) is 4.74 Å². The SMILES string of the molecule is CCCc1nc(CN(C)Cc2ccc(OC)c(F)c2)cs1. The number of aromatic nitrogens is 1. The number of rotatable bonds is 7. The lowest BCUT2D eigenvalue weighted by Gasteiger charge is -2.15. The summed E-state index contributed by atoms with van der Waals surface area (Å²) in [6.07, 6.45) is 2.16. The van der Waals surface area contributed by atoms with Crippen molar-refractivity contribution in [3.63, 3.8) is 0 Å². The summed E-state index contributed by atoms with van der Waals surface area (Å²) in [6.45, 7) is 3.61. The summed E-state index contributed by atoms with van der Waals surface area (Å²) in [5.41, 5.74) is 2.01. The van der Waals surface area contributed by atoms with Crippen molar-refractivity contribution in [2.24, 2.45) is 0 Å². The zero-order chi connectivity index (χ0) is 15.2. The molecule has 0 N–H and O–H groups in total. The maximum atomic E-state index is 13.7. The summed E-state index contributed by atoms with van der Waals surface area (Å²) in [5.74, 6) is -0.0348. The first kappa shape index (κ1) is 15.9. The molecule has 0 aliphatic heterocycles. The fraction of sp³-hybridized carbons (Fsp3) is 0.438. The Morgan fingerprint density at radius 2 is 2.14 bits per heavy atom. The molecule has 0 aliphatic carbocycles. The standard InChI is InChI=1S/C16H21FN2OS/c1-4-5-16-18-13(11-21-16)10-19(2)9-12-6-7-15(20-3)14(17)8-12/h6-8,11H,4-5,9-10H2,1-3H3. The van der Waals surface area contributed by atoms with Crippen molar-refractivity contribution in [3.05, 3.63) is 45.7 Å². The first-order valence-electron chi connectivity index (χ1n) is 7.06. The number of methoxy groups -OCH3 is 1. The van der Waals surface area contributed by atoms with Gasteiger partial charge in [-0.1, -0.05) is 13.0 Å². The lowest BCUT2D eigenvalue weighted by atomic mass is 10.2. The number of halogens is 1. The predicted molar refractivity (Wildman–Crippen MR) is 84.2 cm³/mol. The van der Waals surface area contributed by atoms with Crippen LogP contribution in [0.15, 0.2) is 23.6 Å². The Bertz CT molecular complexity index is 585. The molecule has 0 bridgehead atoms. The molecule has 0 saturated heterocycles. The van der Waals surface area contributed by atoms with E-state index in [2.05, 4.69) is 22.2 Å². The smallest absolute Gasteiger partial charge is 0.165 e. The second kappa shape index (κ2) is 7.52. The normalized spacial score (nSPS) is 11.1. The molecule has 0 atom stereocenters. The summed E-state index contributed by atoms with van der Waals surface area (Å²) in [4.78, 5) is 6.74. The highest BCUT2D eigenvalue weighted by Crippen LogP contribution is 2.19. The topological polar surface area (TPSA) is 25.4 Å². The molecule has 0 radical (unpaired) electrons. The first-order valence-corrected chi connectivity index (χ1v) is 7.94. The van der Waals surface area contributed by atoms with Gasteiger partial charge in [0.1, 0.15) is 0 Å². The van der Waals surface area contributed by atoms with Gasteiger partial charge in [-0.3, -0.25) is 4.90 Å². The van der Waals surface area contributed by atoms with Crippen LogP contribution in [0.25, 0.3) is 0 Å². The molecule has 21 heavy (non-hydrogen) atoms. The Balaban J connectivity index is 1.94. The number of aryl methyl sites for hydroxylation is 1. The van der Waals surface area contributed by atoms with Gasteiger partial charge in [0.2, 0.25) is 0 Å². The van der Waals surface area contributed by atoms with E-state index in [0.29, 0.717) is 6.54 Å². The molecule has 2 aromatic rings. The molecule has 0 fully saturated rings. The van der Waals surface area contributed by atoms with Crippen molar-refractivity contribution in [2.75, 3.05) is 14.2 Å². The number of thiazole rings is 1. The molecule has 1 aromatic carbocycles. The monoisotopic (exact) mass is 308 g/mol. The van der Waals surface area contributed by atoms with E-state index in [1.807, 2.05) is 13.1 Å². The Morgan fingerprint density at radius 1 is 1.33 bits per heavy atom. The van der Waals surface area contributed by atoms with Crippen LogP contribution in [0.2, 0.25) is 0 Å². The summed E-state index contributed by atoms with van der Waals surface area (Å²) in [5, 5.41) is 3.30. The maximum Gasteiger partial charge on any atom is 0.165 e. The van der Waals surface area contributed by atoms with E-state index in [-0.39, 0.29) is 11.6 Å². The zero-order valence-electron chi connectivity index (χ0n) is 12.7. The Kier molecular flexibility index (Phi) is 5.70. The molecule has 0 aliphatic rings. The van der Waals surface area contributed by atoms with Crippen LogP contribution in [-0.2, 0) is 19.5 Å². The highest BCUT2D eigenvalue weighted by atomic mass is 32.1. The third-order valence-corrected chi connectivity index (χ3v) is 4.12. The van der Waals surface area contributed by atoms with E-state index < -0.39 is 0 Å². The third kappa shape index (κ3) is 4.51. The second-order valence-electron chi connectivity index (χ2n) is 5.12. The Morgan fingerprint density at radius 3 is 2.81 bits per heavy atom. The largest absolute Gasteiger partial charge is 0.494 e. The van der Waals surface area contributed by atoms with E-state index >= 15 is 0 Å². The van der Waals surface area contributed by atoms with Crippen molar-refractivity contribution < 1.29 is 9.13 Å². The molecule has 0 amide bonds. The van der Waals surface area contributed by atoms with Crippen molar-refractivity contribution in [1.82, 2.24) is 9.88 Å². The number of hydrogen-bond acceptors (Lipinski definition) is 4. The number of nitrogens with zero attached hydrogens (tertiary/aromatic N) is 2. The molecule has 5 heteroatoms. The average molecular weight is 308 g/mol. The summed E-state index contributed by atoms with van der Waals surface area (Å²) in [6, 6.07) is 5.08. The quantitative estimate of drug-likeness (QED) is 0.776. The van der Waals surface area contributed by atoms with Gasteiger partial charge in [-0.25, -0.2) is 9.37 Å². The molecule has 0 unspecified atom stereocenters. The van der Waals surface area contributed by atoms with E-state index in [9.17, 15) is 4.39 Å². The van der Waals surface area contributed by atoms with Crippen LogP contribution in [0.4, 0.5) is 4.39 Å². The van der Waals surface area contributed by atoms with Crippen molar-refractivity contribution in [1.29, 1.82) is 0 Å². The van der Waals surface area contributed by atoms with Gasteiger partial charge >= 0.3 is 0 Å². The lowest BCUT2D eigenvalue weighted by Crippen LogP contribution is -2.17. The zero-order valence-corrected chi connectivity index (χ0v) is 13.5. The molecule has 3 nitrogen and oxygen atoms in total. The molecule has 114 valence electrons. The fourth-order valence-corrected chi connectivity index (χ4v) is 3.09. The van der Waals surface area contributed by atoms with E-state index in [1.54, 1.807) is 17.4 Å². The van der Waals surface area contributed by atoms with Crippen LogP contribution < -0.4 is 4.74 Å². The van der Waals surface area contributed by atoms with Crippen molar-refractivity contribution >= 4 is 11.3 Å². The van der Waals surface area contributed by atoms with Gasteiger partial charge in [0.25, 0.3) is 0 Å². The molecule has 2 rings (SSSR count). The minimum Gasteiger partial charge on any atom is -0.494 e. The van der Waals surface area contributed by atoms with Crippen LogP contribution >= 0.6 is 11.3 Å². The van der Waals surface area contributed by atoms with Gasteiger partial charge < -0.3 is 4.74 Å². The fourth-order valence-electron chi connectivity index (χ4n) is 2.20. The summed E-state index contributed by atoms with van der Waals surface area (Å²) in [7, 11) is 3.49. The number of hydrogen-bond donors (Lipinski definition) is 0. The average Bonchev–Trinajstić information content (AvgIpc) is 2.86. The van der Waals surface area contributed by atoms with E-state index in [1.165, 1.54) is 18.2 Å². The molecule has 0 spiro atoms. The van der Waals surface area contributed by atoms with Crippen molar-refractivity contribution in [3.8, 4) is 5.75 Å². The lowest BCUT2D eigenvalue weighted by molar-refractivity contribution is 0.314. The summed E-state index contributed by atoms with van der Waals surface area (Å²) >= 11 is 1.72. The summed E-state index contributed by atoms with van der Waals surface area (Å²) < 4.78 is 18.6. The van der Waals surface area contributed by atoms with Crippen LogP contribution in [-0.4, -0.2) is 24.0 Å². The highest BCUT2D eigenvalue weighted by Gasteiger charge is 2.08. The molecule has 1 heterocycles. The van der Waals surface area contributed by atoms with Crippen LogP contribution in [0.3, 0.4) is 0 Å². The van der Waals surface area contributed by atoms with Gasteiger partial charge in [0, 0.05) is 18.5 Å². The highest BCUT2D eigenvalue weighted by molar-refractivity contribution is 7.09. The number of benzene rings is 1. The van der Waals surface area contributed by atoms with Gasteiger partial charge in [0.05, 0.1) is 17.8 Å². The first-order chi connectivity index (χ1) is 10.1.